The van der Waals surface area contributed by atoms with E-state index in [-0.39, 0.29) is 6.01 Å². The highest BCUT2D eigenvalue weighted by Crippen LogP contribution is 2.39. The molecule has 152 valence electrons. The molecule has 3 rings (SSSR count). The van der Waals surface area contributed by atoms with Crippen molar-refractivity contribution in [1.29, 1.82) is 0 Å². The van der Waals surface area contributed by atoms with E-state index in [9.17, 15) is 10.2 Å². The lowest BCUT2D eigenvalue weighted by atomic mass is 10.1. The fourth-order valence-corrected chi connectivity index (χ4v) is 2.96. The van der Waals surface area contributed by atoms with Crippen molar-refractivity contribution in [2.45, 2.75) is 50.3 Å². The van der Waals surface area contributed by atoms with Crippen LogP contribution >= 0.6 is 0 Å². The van der Waals surface area contributed by atoms with Gasteiger partial charge in [-0.05, 0) is 13.8 Å². The molecule has 27 heavy (non-hydrogen) atoms. The normalized spacial score (nSPS) is 30.1. The first-order valence-electron chi connectivity index (χ1n) is 8.68. The van der Waals surface area contributed by atoms with Crippen molar-refractivity contribution in [2.24, 2.45) is 0 Å². The summed E-state index contributed by atoms with van der Waals surface area (Å²) in [6, 6.07) is 0.0649. The highest BCUT2D eigenvalue weighted by Gasteiger charge is 2.58. The molecule has 0 aromatic carbocycles. The molecular formula is C16H27N5O6. The number of anilines is 2. The summed E-state index contributed by atoms with van der Waals surface area (Å²) in [4.78, 5) is 16.4. The van der Waals surface area contributed by atoms with E-state index in [0.29, 0.717) is 11.9 Å². The zero-order chi connectivity index (χ0) is 19.9. The van der Waals surface area contributed by atoms with Gasteiger partial charge in [0.15, 0.2) is 24.3 Å². The molecule has 11 nitrogen and oxygen atoms in total. The Kier molecular flexibility index (Phi) is 5.41. The topological polar surface area (TPSA) is 123 Å². The molecule has 1 aromatic rings. The highest BCUT2D eigenvalue weighted by atomic mass is 16.8. The molecule has 0 saturated carbocycles. The van der Waals surface area contributed by atoms with E-state index in [1.165, 1.54) is 0 Å². The van der Waals surface area contributed by atoms with Crippen LogP contribution in [0.4, 0.5) is 11.9 Å². The molecule has 2 fully saturated rings. The quantitative estimate of drug-likeness (QED) is 0.625. The van der Waals surface area contributed by atoms with Crippen LogP contribution in [0.3, 0.4) is 0 Å². The largest absolute Gasteiger partial charge is 0.454 e. The van der Waals surface area contributed by atoms with Crippen molar-refractivity contribution < 1.29 is 29.2 Å². The molecule has 0 radical (unpaired) electrons. The molecule has 11 heteroatoms. The SMILES string of the molecule is CN(C)c1nc(OC2C(C(O)CO)OC3OC(C)(C)OC32)nc(N(C)C)n1. The van der Waals surface area contributed by atoms with Gasteiger partial charge in [-0.1, -0.05) is 0 Å². The summed E-state index contributed by atoms with van der Waals surface area (Å²) < 4.78 is 23.3. The van der Waals surface area contributed by atoms with Crippen molar-refractivity contribution in [3.8, 4) is 6.01 Å². The summed E-state index contributed by atoms with van der Waals surface area (Å²) in [5, 5.41) is 19.5. The first-order valence-corrected chi connectivity index (χ1v) is 8.68. The molecule has 2 N–H and O–H groups in total. The number of aliphatic hydroxyl groups is 2. The predicted molar refractivity (Wildman–Crippen MR) is 94.7 cm³/mol. The van der Waals surface area contributed by atoms with Gasteiger partial charge >= 0.3 is 6.01 Å². The van der Waals surface area contributed by atoms with Gasteiger partial charge in [0.1, 0.15) is 12.2 Å². The molecule has 0 spiro atoms. The van der Waals surface area contributed by atoms with Gasteiger partial charge in [0.25, 0.3) is 0 Å². The van der Waals surface area contributed by atoms with Crippen LogP contribution in [0, 0.1) is 0 Å². The van der Waals surface area contributed by atoms with E-state index in [2.05, 4.69) is 15.0 Å². The number of ether oxygens (including phenoxy) is 4. The van der Waals surface area contributed by atoms with Gasteiger partial charge in [0.2, 0.25) is 11.9 Å². The zero-order valence-corrected chi connectivity index (χ0v) is 16.4. The maximum atomic E-state index is 10.1. The average molecular weight is 385 g/mol. The lowest BCUT2D eigenvalue weighted by Gasteiger charge is -2.28. The van der Waals surface area contributed by atoms with Crippen LogP contribution in [0.1, 0.15) is 13.8 Å². The second-order valence-electron chi connectivity index (χ2n) is 7.41. The lowest BCUT2D eigenvalue weighted by molar-refractivity contribution is -0.225. The third-order valence-electron chi connectivity index (χ3n) is 4.23. The molecule has 0 aliphatic carbocycles. The summed E-state index contributed by atoms with van der Waals surface area (Å²) in [5.74, 6) is -0.0147. The molecular weight excluding hydrogens is 358 g/mol. The van der Waals surface area contributed by atoms with Gasteiger partial charge in [0, 0.05) is 28.2 Å². The van der Waals surface area contributed by atoms with Crippen LogP contribution in [-0.2, 0) is 14.2 Å². The van der Waals surface area contributed by atoms with Crippen LogP contribution in [-0.4, -0.2) is 96.5 Å². The number of hydrogen-bond donors (Lipinski definition) is 2. The number of hydrogen-bond acceptors (Lipinski definition) is 11. The smallest absolute Gasteiger partial charge is 0.323 e. The molecule has 2 saturated heterocycles. The average Bonchev–Trinajstić information content (AvgIpc) is 3.06. The summed E-state index contributed by atoms with van der Waals surface area (Å²) in [7, 11) is 7.23. The Morgan fingerprint density at radius 2 is 1.67 bits per heavy atom. The van der Waals surface area contributed by atoms with Crippen LogP contribution in [0.5, 0.6) is 6.01 Å². The van der Waals surface area contributed by atoms with Crippen LogP contribution in [0.15, 0.2) is 0 Å². The lowest BCUT2D eigenvalue weighted by Crippen LogP contribution is -2.46. The summed E-state index contributed by atoms with van der Waals surface area (Å²) in [5.41, 5.74) is 0. The molecule has 5 atom stereocenters. The van der Waals surface area contributed by atoms with Gasteiger partial charge in [0.05, 0.1) is 6.61 Å². The first-order chi connectivity index (χ1) is 12.6. The van der Waals surface area contributed by atoms with Crippen molar-refractivity contribution in [3.05, 3.63) is 0 Å². The minimum absolute atomic E-state index is 0.0649. The third-order valence-corrected chi connectivity index (χ3v) is 4.23. The van der Waals surface area contributed by atoms with Crippen molar-refractivity contribution in [2.75, 3.05) is 44.6 Å². The van der Waals surface area contributed by atoms with Gasteiger partial charge in [-0.25, -0.2) is 0 Å². The first kappa shape index (κ1) is 20.0. The van der Waals surface area contributed by atoms with Gasteiger partial charge in [-0.3, -0.25) is 0 Å². The monoisotopic (exact) mass is 385 g/mol. The summed E-state index contributed by atoms with van der Waals surface area (Å²) >= 11 is 0. The van der Waals surface area contributed by atoms with Crippen LogP contribution in [0.2, 0.25) is 0 Å². The molecule has 5 unspecified atom stereocenters. The van der Waals surface area contributed by atoms with E-state index < -0.39 is 43.1 Å². The zero-order valence-electron chi connectivity index (χ0n) is 16.4. The maximum Gasteiger partial charge on any atom is 0.323 e. The summed E-state index contributed by atoms with van der Waals surface area (Å²) in [6.07, 6.45) is -4.12. The molecule has 0 amide bonds. The number of aromatic nitrogens is 3. The van der Waals surface area contributed by atoms with Gasteiger partial charge in [-0.2, -0.15) is 15.0 Å². The van der Waals surface area contributed by atoms with E-state index in [1.54, 1.807) is 23.6 Å². The fourth-order valence-electron chi connectivity index (χ4n) is 2.96. The van der Waals surface area contributed by atoms with Gasteiger partial charge in [-0.15, -0.1) is 0 Å². The Bertz CT molecular complexity index is 646. The Hall–Kier alpha value is -1.79. The van der Waals surface area contributed by atoms with E-state index in [0.717, 1.165) is 0 Å². The minimum Gasteiger partial charge on any atom is -0.454 e. The number of rotatable bonds is 6. The third kappa shape index (κ3) is 4.06. The van der Waals surface area contributed by atoms with Crippen LogP contribution in [0.25, 0.3) is 0 Å². The molecule has 3 heterocycles. The second kappa shape index (κ2) is 7.32. The molecule has 0 bridgehead atoms. The van der Waals surface area contributed by atoms with Gasteiger partial charge < -0.3 is 39.0 Å². The Morgan fingerprint density at radius 3 is 2.19 bits per heavy atom. The number of nitrogens with zero attached hydrogens (tertiary/aromatic N) is 5. The molecule has 1 aromatic heterocycles. The Balaban J connectivity index is 1.91. The number of aliphatic hydroxyl groups excluding tert-OH is 2. The number of fused-ring (bicyclic) bond motifs is 1. The second-order valence-corrected chi connectivity index (χ2v) is 7.41. The standard InChI is InChI=1S/C16H27N5O6/c1-16(2)26-11-10(9(8(23)7-22)24-12(11)27-16)25-15-18-13(20(3)4)17-14(19-15)21(5)6/h8-12,22-23H,7H2,1-6H3. The molecule has 2 aliphatic rings. The Labute approximate surface area is 157 Å². The highest BCUT2D eigenvalue weighted by molar-refractivity contribution is 5.38. The maximum absolute atomic E-state index is 10.1. The van der Waals surface area contributed by atoms with Crippen molar-refractivity contribution >= 4 is 11.9 Å². The van der Waals surface area contributed by atoms with E-state index >= 15 is 0 Å². The van der Waals surface area contributed by atoms with E-state index in [4.69, 9.17) is 18.9 Å². The summed E-state index contributed by atoms with van der Waals surface area (Å²) in [6.45, 7) is 3.04. The van der Waals surface area contributed by atoms with Crippen molar-refractivity contribution in [3.63, 3.8) is 0 Å². The van der Waals surface area contributed by atoms with Crippen molar-refractivity contribution in [1.82, 2.24) is 15.0 Å². The fraction of sp³-hybridized carbons (Fsp3) is 0.812. The minimum atomic E-state index is -1.17. The predicted octanol–water partition coefficient (Wildman–Crippen LogP) is -1.02. The van der Waals surface area contributed by atoms with Crippen LogP contribution < -0.4 is 14.5 Å². The van der Waals surface area contributed by atoms with E-state index in [1.807, 2.05) is 28.2 Å². The Morgan fingerprint density at radius 1 is 1.07 bits per heavy atom. The molecule has 2 aliphatic heterocycles.